The van der Waals surface area contributed by atoms with Gasteiger partial charge in [0.1, 0.15) is 0 Å². The molecule has 0 unspecified atom stereocenters. The van der Waals surface area contributed by atoms with Crippen molar-refractivity contribution >= 4 is 37.5 Å². The monoisotopic (exact) mass is 381 g/mol. The van der Waals surface area contributed by atoms with E-state index in [1.54, 1.807) is 0 Å². The molecule has 1 nitrogen and oxygen atoms in total. The molecule has 0 fully saturated rings. The van der Waals surface area contributed by atoms with E-state index in [1.807, 2.05) is 0 Å². The predicted molar refractivity (Wildman–Crippen MR) is 89.6 cm³/mol. The summed E-state index contributed by atoms with van der Waals surface area (Å²) < 4.78 is 2.18. The minimum atomic E-state index is 0.840. The van der Waals surface area contributed by atoms with E-state index < -0.39 is 0 Å². The Balaban J connectivity index is 2.07. The van der Waals surface area contributed by atoms with E-state index in [2.05, 4.69) is 86.6 Å². The van der Waals surface area contributed by atoms with Crippen molar-refractivity contribution in [1.29, 1.82) is 0 Å². The SMILES string of the molecule is CCCc1ccccc1NCc1ccc(Br)c(Br)c1. The number of hydrogen-bond acceptors (Lipinski definition) is 1. The second-order valence-corrected chi connectivity index (χ2v) is 6.22. The lowest BCUT2D eigenvalue weighted by molar-refractivity contribution is 0.919. The van der Waals surface area contributed by atoms with Crippen LogP contribution in [0.4, 0.5) is 5.69 Å². The summed E-state index contributed by atoms with van der Waals surface area (Å²) in [5.74, 6) is 0. The van der Waals surface area contributed by atoms with Crippen LogP contribution in [0, 0.1) is 0 Å². The normalized spacial score (nSPS) is 10.5. The molecule has 0 aromatic heterocycles. The van der Waals surface area contributed by atoms with Crippen LogP contribution in [0.3, 0.4) is 0 Å². The Bertz CT molecular complexity index is 552. The smallest absolute Gasteiger partial charge is 0.0401 e. The Morgan fingerprint density at radius 3 is 2.53 bits per heavy atom. The van der Waals surface area contributed by atoms with Gasteiger partial charge in [0.25, 0.3) is 0 Å². The second kappa shape index (κ2) is 7.11. The minimum Gasteiger partial charge on any atom is -0.381 e. The average molecular weight is 383 g/mol. The van der Waals surface area contributed by atoms with E-state index in [1.165, 1.54) is 23.2 Å². The zero-order chi connectivity index (χ0) is 13.7. The molecular formula is C16H17Br2N. The van der Waals surface area contributed by atoms with Gasteiger partial charge in [-0.05, 0) is 67.6 Å². The third-order valence-electron chi connectivity index (χ3n) is 3.00. The summed E-state index contributed by atoms with van der Waals surface area (Å²) in [6.07, 6.45) is 2.29. The number of rotatable bonds is 5. The molecule has 2 aromatic carbocycles. The first-order chi connectivity index (χ1) is 9.20. The molecule has 2 aromatic rings. The van der Waals surface area contributed by atoms with Gasteiger partial charge in [0.15, 0.2) is 0 Å². The Morgan fingerprint density at radius 2 is 1.79 bits per heavy atom. The van der Waals surface area contributed by atoms with Gasteiger partial charge in [-0.15, -0.1) is 0 Å². The van der Waals surface area contributed by atoms with Gasteiger partial charge >= 0.3 is 0 Å². The highest BCUT2D eigenvalue weighted by molar-refractivity contribution is 9.13. The number of benzene rings is 2. The highest BCUT2D eigenvalue weighted by Crippen LogP contribution is 2.24. The van der Waals surface area contributed by atoms with Crippen molar-refractivity contribution in [3.05, 3.63) is 62.5 Å². The third kappa shape index (κ3) is 4.08. The van der Waals surface area contributed by atoms with Gasteiger partial charge in [0.05, 0.1) is 0 Å². The van der Waals surface area contributed by atoms with Gasteiger partial charge in [-0.1, -0.05) is 37.6 Å². The lowest BCUT2D eigenvalue weighted by Crippen LogP contribution is -2.02. The van der Waals surface area contributed by atoms with Crippen LogP contribution in [0.2, 0.25) is 0 Å². The molecule has 0 saturated heterocycles. The van der Waals surface area contributed by atoms with E-state index in [-0.39, 0.29) is 0 Å². The predicted octanol–water partition coefficient (Wildman–Crippen LogP) is 5.78. The van der Waals surface area contributed by atoms with Crippen LogP contribution < -0.4 is 5.32 Å². The maximum atomic E-state index is 3.54. The van der Waals surface area contributed by atoms with E-state index >= 15 is 0 Å². The Morgan fingerprint density at radius 1 is 1.00 bits per heavy atom. The number of halogens is 2. The number of para-hydroxylation sites is 1. The van der Waals surface area contributed by atoms with E-state index in [4.69, 9.17) is 0 Å². The van der Waals surface area contributed by atoms with Crippen molar-refractivity contribution in [2.24, 2.45) is 0 Å². The summed E-state index contributed by atoms with van der Waals surface area (Å²) in [4.78, 5) is 0. The number of anilines is 1. The highest BCUT2D eigenvalue weighted by Gasteiger charge is 2.02. The summed E-state index contributed by atoms with van der Waals surface area (Å²) in [7, 11) is 0. The molecule has 0 aliphatic heterocycles. The fourth-order valence-electron chi connectivity index (χ4n) is 2.03. The molecule has 0 amide bonds. The van der Waals surface area contributed by atoms with Crippen molar-refractivity contribution in [3.8, 4) is 0 Å². The molecule has 0 aliphatic carbocycles. The molecule has 3 heteroatoms. The Hall–Kier alpha value is -0.800. The lowest BCUT2D eigenvalue weighted by Gasteiger charge is -2.12. The first kappa shape index (κ1) is 14.6. The zero-order valence-corrected chi connectivity index (χ0v) is 14.1. The van der Waals surface area contributed by atoms with Crippen molar-refractivity contribution < 1.29 is 0 Å². The third-order valence-corrected chi connectivity index (χ3v) is 4.88. The second-order valence-electron chi connectivity index (χ2n) is 4.51. The minimum absolute atomic E-state index is 0.840. The molecule has 100 valence electrons. The largest absolute Gasteiger partial charge is 0.381 e. The van der Waals surface area contributed by atoms with Gasteiger partial charge in [0.2, 0.25) is 0 Å². The molecule has 0 spiro atoms. The van der Waals surface area contributed by atoms with Crippen LogP contribution in [-0.4, -0.2) is 0 Å². The van der Waals surface area contributed by atoms with E-state index in [9.17, 15) is 0 Å². The van der Waals surface area contributed by atoms with Gasteiger partial charge < -0.3 is 5.32 Å². The van der Waals surface area contributed by atoms with Crippen molar-refractivity contribution in [2.45, 2.75) is 26.3 Å². The molecule has 1 N–H and O–H groups in total. The zero-order valence-electron chi connectivity index (χ0n) is 10.9. The van der Waals surface area contributed by atoms with E-state index in [0.717, 1.165) is 21.9 Å². The van der Waals surface area contributed by atoms with Crippen molar-refractivity contribution in [3.63, 3.8) is 0 Å². The summed E-state index contributed by atoms with van der Waals surface area (Å²) in [6, 6.07) is 14.9. The molecular weight excluding hydrogens is 366 g/mol. The standard InChI is InChI=1S/C16H17Br2N/c1-2-5-13-6-3-4-7-16(13)19-11-12-8-9-14(17)15(18)10-12/h3-4,6-10,19H,2,5,11H2,1H3. The van der Waals surface area contributed by atoms with Crippen LogP contribution in [0.5, 0.6) is 0 Å². The quantitative estimate of drug-likeness (QED) is 0.691. The maximum absolute atomic E-state index is 3.54. The number of hydrogen-bond donors (Lipinski definition) is 1. The first-order valence-corrected chi connectivity index (χ1v) is 8.05. The van der Waals surface area contributed by atoms with Gasteiger partial charge in [0, 0.05) is 21.2 Å². The maximum Gasteiger partial charge on any atom is 0.0401 e. The molecule has 0 bridgehead atoms. The van der Waals surface area contributed by atoms with Gasteiger partial charge in [-0.2, -0.15) is 0 Å². The highest BCUT2D eigenvalue weighted by atomic mass is 79.9. The lowest BCUT2D eigenvalue weighted by atomic mass is 10.1. The molecule has 19 heavy (non-hydrogen) atoms. The number of nitrogens with one attached hydrogen (secondary N) is 1. The molecule has 0 saturated carbocycles. The Kier molecular flexibility index (Phi) is 5.46. The molecule has 0 radical (unpaired) electrons. The van der Waals surface area contributed by atoms with Crippen LogP contribution in [0.15, 0.2) is 51.4 Å². The van der Waals surface area contributed by atoms with Gasteiger partial charge in [-0.25, -0.2) is 0 Å². The molecule has 0 aliphatic rings. The molecule has 0 atom stereocenters. The van der Waals surface area contributed by atoms with Crippen molar-refractivity contribution in [2.75, 3.05) is 5.32 Å². The summed E-state index contributed by atoms with van der Waals surface area (Å²) in [5, 5.41) is 3.52. The fourth-order valence-corrected chi connectivity index (χ4v) is 2.70. The number of aryl methyl sites for hydroxylation is 1. The Labute approximate surface area is 131 Å². The summed E-state index contributed by atoms with van der Waals surface area (Å²) in [6.45, 7) is 3.05. The van der Waals surface area contributed by atoms with Crippen LogP contribution in [0.1, 0.15) is 24.5 Å². The molecule has 2 rings (SSSR count). The fraction of sp³-hybridized carbons (Fsp3) is 0.250. The van der Waals surface area contributed by atoms with Crippen LogP contribution in [0.25, 0.3) is 0 Å². The van der Waals surface area contributed by atoms with E-state index in [0.29, 0.717) is 0 Å². The first-order valence-electron chi connectivity index (χ1n) is 6.46. The topological polar surface area (TPSA) is 12.0 Å². The van der Waals surface area contributed by atoms with Crippen LogP contribution >= 0.6 is 31.9 Å². The van der Waals surface area contributed by atoms with Gasteiger partial charge in [-0.3, -0.25) is 0 Å². The summed E-state index contributed by atoms with van der Waals surface area (Å²) >= 11 is 7.03. The van der Waals surface area contributed by atoms with Crippen molar-refractivity contribution in [1.82, 2.24) is 0 Å². The van der Waals surface area contributed by atoms with Crippen LogP contribution in [-0.2, 0) is 13.0 Å². The summed E-state index contributed by atoms with van der Waals surface area (Å²) in [5.41, 5.74) is 3.89. The molecule has 0 heterocycles. The average Bonchev–Trinajstić information content (AvgIpc) is 2.42.